The van der Waals surface area contributed by atoms with Crippen LogP contribution in [0.15, 0.2) is 0 Å². The van der Waals surface area contributed by atoms with Crippen molar-refractivity contribution in [3.05, 3.63) is 0 Å². The molecule has 4 aliphatic rings. The van der Waals surface area contributed by atoms with Crippen LogP contribution in [0.3, 0.4) is 0 Å². The summed E-state index contributed by atoms with van der Waals surface area (Å²) in [6.45, 7) is 5.62. The van der Waals surface area contributed by atoms with Crippen molar-refractivity contribution in [2.24, 2.45) is 5.92 Å². The van der Waals surface area contributed by atoms with E-state index in [4.69, 9.17) is 0 Å². The molecule has 2 atom stereocenters. The fourth-order valence-corrected chi connectivity index (χ4v) is 5.48. The molecule has 29 heavy (non-hydrogen) atoms. The molecule has 0 saturated carbocycles. The van der Waals surface area contributed by atoms with E-state index in [0.717, 1.165) is 58.5 Å². The Balaban J connectivity index is 0.00000150. The summed E-state index contributed by atoms with van der Waals surface area (Å²) in [6, 6.07) is 1.31. The summed E-state index contributed by atoms with van der Waals surface area (Å²) in [7, 11) is 0. The molecule has 4 saturated heterocycles. The van der Waals surface area contributed by atoms with Crippen LogP contribution in [0, 0.1) is 5.92 Å². The first-order valence-corrected chi connectivity index (χ1v) is 11.2. The standard InChI is InChI=1S/C21H36N4O2.2ClH/c26-20(15-17-13-18-5-6-19(14-17)22-18)25-11-9-23(10-12-25)16-21(27)24-7-3-1-2-4-8-24;;/h17-19,22H,1-16H2;2*1H. The van der Waals surface area contributed by atoms with E-state index in [0.29, 0.717) is 30.5 Å². The van der Waals surface area contributed by atoms with Crippen LogP contribution < -0.4 is 5.32 Å². The molecule has 0 aliphatic carbocycles. The Labute approximate surface area is 187 Å². The molecule has 0 spiro atoms. The van der Waals surface area contributed by atoms with Crippen LogP contribution in [0.5, 0.6) is 0 Å². The van der Waals surface area contributed by atoms with Crippen molar-refractivity contribution in [2.45, 2.75) is 69.9 Å². The molecular formula is C21H38Cl2N4O2. The Hall–Kier alpha value is -0.560. The second kappa shape index (κ2) is 11.7. The van der Waals surface area contributed by atoms with Gasteiger partial charge in [-0.3, -0.25) is 14.5 Å². The molecule has 4 fully saturated rings. The average Bonchev–Trinajstić information content (AvgIpc) is 2.88. The van der Waals surface area contributed by atoms with Gasteiger partial charge in [0.1, 0.15) is 0 Å². The number of hydrogen-bond donors (Lipinski definition) is 1. The van der Waals surface area contributed by atoms with Crippen molar-refractivity contribution in [3.8, 4) is 0 Å². The van der Waals surface area contributed by atoms with E-state index >= 15 is 0 Å². The van der Waals surface area contributed by atoms with E-state index in [1.54, 1.807) is 0 Å². The largest absolute Gasteiger partial charge is 0.342 e. The second-order valence-corrected chi connectivity index (χ2v) is 9.13. The number of rotatable bonds is 4. The average molecular weight is 449 g/mol. The molecule has 168 valence electrons. The maximum atomic E-state index is 12.7. The van der Waals surface area contributed by atoms with Gasteiger partial charge in [-0.2, -0.15) is 0 Å². The highest BCUT2D eigenvalue weighted by Crippen LogP contribution is 2.33. The third kappa shape index (κ3) is 6.71. The number of carbonyl (C=O) groups excluding carboxylic acids is 2. The number of amides is 2. The van der Waals surface area contributed by atoms with Gasteiger partial charge in [0.2, 0.25) is 11.8 Å². The maximum absolute atomic E-state index is 12.7. The molecule has 1 N–H and O–H groups in total. The minimum atomic E-state index is 0. The summed E-state index contributed by atoms with van der Waals surface area (Å²) in [6.07, 6.45) is 10.4. The lowest BCUT2D eigenvalue weighted by molar-refractivity contribution is -0.135. The van der Waals surface area contributed by atoms with Gasteiger partial charge >= 0.3 is 0 Å². The molecule has 4 aliphatic heterocycles. The summed E-state index contributed by atoms with van der Waals surface area (Å²) in [5.74, 6) is 1.18. The molecule has 4 rings (SSSR count). The highest BCUT2D eigenvalue weighted by atomic mass is 35.5. The second-order valence-electron chi connectivity index (χ2n) is 9.13. The Morgan fingerprint density at radius 1 is 0.724 bits per heavy atom. The van der Waals surface area contributed by atoms with Crippen molar-refractivity contribution in [3.63, 3.8) is 0 Å². The van der Waals surface area contributed by atoms with E-state index in [9.17, 15) is 9.59 Å². The lowest BCUT2D eigenvalue weighted by Crippen LogP contribution is -2.52. The lowest BCUT2D eigenvalue weighted by Gasteiger charge is -2.36. The predicted molar refractivity (Wildman–Crippen MR) is 120 cm³/mol. The minimum Gasteiger partial charge on any atom is -0.342 e. The monoisotopic (exact) mass is 448 g/mol. The summed E-state index contributed by atoms with van der Waals surface area (Å²) < 4.78 is 0. The van der Waals surface area contributed by atoms with Gasteiger partial charge in [-0.25, -0.2) is 0 Å². The fraction of sp³-hybridized carbons (Fsp3) is 0.905. The van der Waals surface area contributed by atoms with Gasteiger partial charge in [-0.15, -0.1) is 24.8 Å². The molecular weight excluding hydrogens is 411 g/mol. The number of likely N-dealkylation sites (tertiary alicyclic amines) is 1. The molecule has 2 amide bonds. The van der Waals surface area contributed by atoms with Crippen molar-refractivity contribution < 1.29 is 9.59 Å². The molecule has 0 aromatic rings. The highest BCUT2D eigenvalue weighted by Gasteiger charge is 2.35. The van der Waals surface area contributed by atoms with Gasteiger partial charge in [-0.05, 0) is 44.4 Å². The Morgan fingerprint density at radius 2 is 1.28 bits per heavy atom. The molecule has 4 heterocycles. The quantitative estimate of drug-likeness (QED) is 0.716. The van der Waals surface area contributed by atoms with E-state index in [1.807, 2.05) is 4.90 Å². The van der Waals surface area contributed by atoms with Crippen LogP contribution in [0.1, 0.15) is 57.8 Å². The zero-order valence-corrected chi connectivity index (χ0v) is 19.2. The van der Waals surface area contributed by atoms with E-state index < -0.39 is 0 Å². The van der Waals surface area contributed by atoms with Crippen molar-refractivity contribution in [1.82, 2.24) is 20.0 Å². The molecule has 2 unspecified atom stereocenters. The number of nitrogens with zero attached hydrogens (tertiary/aromatic N) is 3. The SMILES string of the molecule is Cl.Cl.O=C(CC1CC2CCC(C1)N2)N1CCN(CC(=O)N2CCCCCC2)CC1. The van der Waals surface area contributed by atoms with Gasteiger partial charge in [0.15, 0.2) is 0 Å². The smallest absolute Gasteiger partial charge is 0.236 e. The van der Waals surface area contributed by atoms with Gasteiger partial charge in [-0.1, -0.05) is 12.8 Å². The van der Waals surface area contributed by atoms with Crippen LogP contribution in [-0.2, 0) is 9.59 Å². The molecule has 8 heteroatoms. The lowest BCUT2D eigenvalue weighted by atomic mass is 9.89. The van der Waals surface area contributed by atoms with Gasteiger partial charge < -0.3 is 15.1 Å². The number of carbonyl (C=O) groups is 2. The zero-order chi connectivity index (χ0) is 18.6. The van der Waals surface area contributed by atoms with Crippen molar-refractivity contribution in [2.75, 3.05) is 45.8 Å². The number of halogens is 2. The molecule has 0 radical (unpaired) electrons. The first-order chi connectivity index (χ1) is 13.2. The zero-order valence-electron chi connectivity index (χ0n) is 17.5. The van der Waals surface area contributed by atoms with Crippen LogP contribution >= 0.6 is 24.8 Å². The van der Waals surface area contributed by atoms with E-state index in [-0.39, 0.29) is 30.7 Å². The highest BCUT2D eigenvalue weighted by molar-refractivity contribution is 5.85. The Kier molecular flexibility index (Phi) is 9.99. The van der Waals surface area contributed by atoms with Crippen LogP contribution in [0.25, 0.3) is 0 Å². The van der Waals surface area contributed by atoms with Gasteiger partial charge in [0.05, 0.1) is 6.54 Å². The maximum Gasteiger partial charge on any atom is 0.236 e. The third-order valence-corrected chi connectivity index (χ3v) is 7.08. The van der Waals surface area contributed by atoms with Gasteiger partial charge in [0, 0.05) is 57.8 Å². The van der Waals surface area contributed by atoms with Crippen molar-refractivity contribution >= 4 is 36.6 Å². The van der Waals surface area contributed by atoms with E-state index in [2.05, 4.69) is 15.1 Å². The van der Waals surface area contributed by atoms with Crippen molar-refractivity contribution in [1.29, 1.82) is 0 Å². The first-order valence-electron chi connectivity index (χ1n) is 11.2. The summed E-state index contributed by atoms with van der Waals surface area (Å²) >= 11 is 0. The first kappa shape index (κ1) is 24.7. The number of piperazine rings is 1. The number of piperidine rings is 1. The van der Waals surface area contributed by atoms with E-state index in [1.165, 1.54) is 38.5 Å². The summed E-state index contributed by atoms with van der Waals surface area (Å²) in [4.78, 5) is 31.6. The normalized spacial score (nSPS) is 30.1. The molecule has 2 bridgehead atoms. The van der Waals surface area contributed by atoms with Crippen LogP contribution in [0.2, 0.25) is 0 Å². The van der Waals surface area contributed by atoms with Crippen LogP contribution in [0.4, 0.5) is 0 Å². The number of fused-ring (bicyclic) bond motifs is 2. The fourth-order valence-electron chi connectivity index (χ4n) is 5.48. The Bertz CT molecular complexity index is 523. The molecule has 6 nitrogen and oxygen atoms in total. The molecule has 0 aromatic heterocycles. The van der Waals surface area contributed by atoms with Crippen LogP contribution in [-0.4, -0.2) is 84.4 Å². The predicted octanol–water partition coefficient (Wildman–Crippen LogP) is 2.30. The number of hydrogen-bond acceptors (Lipinski definition) is 4. The number of nitrogens with one attached hydrogen (secondary N) is 1. The third-order valence-electron chi connectivity index (χ3n) is 7.08. The summed E-state index contributed by atoms with van der Waals surface area (Å²) in [5, 5.41) is 3.66. The summed E-state index contributed by atoms with van der Waals surface area (Å²) in [5.41, 5.74) is 0. The Morgan fingerprint density at radius 3 is 1.86 bits per heavy atom. The minimum absolute atomic E-state index is 0. The van der Waals surface area contributed by atoms with Gasteiger partial charge in [0.25, 0.3) is 0 Å². The molecule has 0 aromatic carbocycles. The topological polar surface area (TPSA) is 55.9 Å².